The van der Waals surface area contributed by atoms with Gasteiger partial charge in [0.2, 0.25) is 11.8 Å². The van der Waals surface area contributed by atoms with Gasteiger partial charge in [-0.05, 0) is 30.5 Å². The van der Waals surface area contributed by atoms with Crippen molar-refractivity contribution in [2.24, 2.45) is 5.92 Å². The predicted molar refractivity (Wildman–Crippen MR) is 94.8 cm³/mol. The SMILES string of the molecule is CCCC(NC(=O)C1CC(=O)N(CCc2ccc(F)cc2)C1)c1nn[nH]n1. The van der Waals surface area contributed by atoms with Crippen molar-refractivity contribution in [1.29, 1.82) is 0 Å². The average molecular weight is 374 g/mol. The van der Waals surface area contributed by atoms with Gasteiger partial charge in [-0.1, -0.05) is 30.7 Å². The van der Waals surface area contributed by atoms with Gasteiger partial charge in [0.25, 0.3) is 0 Å². The van der Waals surface area contributed by atoms with Crippen LogP contribution in [0.4, 0.5) is 4.39 Å². The number of nitrogens with one attached hydrogen (secondary N) is 2. The molecule has 1 aromatic carbocycles. The molecular weight excluding hydrogens is 351 g/mol. The maximum atomic E-state index is 13.0. The van der Waals surface area contributed by atoms with Crippen LogP contribution < -0.4 is 5.32 Å². The quantitative estimate of drug-likeness (QED) is 0.727. The molecule has 1 saturated heterocycles. The minimum Gasteiger partial charge on any atom is -0.346 e. The Hall–Kier alpha value is -2.84. The molecule has 0 saturated carbocycles. The number of aromatic nitrogens is 4. The molecule has 1 aromatic heterocycles. The lowest BCUT2D eigenvalue weighted by Gasteiger charge is -2.19. The second-order valence-corrected chi connectivity index (χ2v) is 6.74. The van der Waals surface area contributed by atoms with Crippen molar-refractivity contribution in [3.8, 4) is 0 Å². The van der Waals surface area contributed by atoms with E-state index >= 15 is 0 Å². The first-order valence-corrected chi connectivity index (χ1v) is 9.12. The van der Waals surface area contributed by atoms with Gasteiger partial charge in [-0.15, -0.1) is 10.2 Å². The van der Waals surface area contributed by atoms with Crippen LogP contribution in [-0.2, 0) is 16.0 Å². The van der Waals surface area contributed by atoms with Crippen LogP contribution >= 0.6 is 0 Å². The van der Waals surface area contributed by atoms with Gasteiger partial charge in [-0.2, -0.15) is 5.21 Å². The Morgan fingerprint density at radius 2 is 2.19 bits per heavy atom. The maximum Gasteiger partial charge on any atom is 0.226 e. The first-order valence-electron chi connectivity index (χ1n) is 9.12. The van der Waals surface area contributed by atoms with E-state index in [1.54, 1.807) is 17.0 Å². The molecule has 8 nitrogen and oxygen atoms in total. The summed E-state index contributed by atoms with van der Waals surface area (Å²) in [4.78, 5) is 26.6. The summed E-state index contributed by atoms with van der Waals surface area (Å²) in [5.74, 6) is -0.435. The Morgan fingerprint density at radius 3 is 2.85 bits per heavy atom. The Balaban J connectivity index is 1.54. The van der Waals surface area contributed by atoms with Crippen LogP contribution in [0.15, 0.2) is 24.3 Å². The smallest absolute Gasteiger partial charge is 0.226 e. The molecule has 2 unspecified atom stereocenters. The van der Waals surface area contributed by atoms with E-state index in [0.717, 1.165) is 12.0 Å². The maximum absolute atomic E-state index is 13.0. The van der Waals surface area contributed by atoms with Crippen molar-refractivity contribution in [2.75, 3.05) is 13.1 Å². The number of halogens is 1. The summed E-state index contributed by atoms with van der Waals surface area (Å²) < 4.78 is 13.0. The van der Waals surface area contributed by atoms with Gasteiger partial charge in [0.05, 0.1) is 12.0 Å². The number of rotatable bonds is 8. The Morgan fingerprint density at radius 1 is 1.41 bits per heavy atom. The van der Waals surface area contributed by atoms with E-state index in [-0.39, 0.29) is 30.1 Å². The Kier molecular flexibility index (Phi) is 6.10. The molecule has 2 N–H and O–H groups in total. The Labute approximate surface area is 156 Å². The molecule has 1 aliphatic heterocycles. The van der Waals surface area contributed by atoms with Crippen LogP contribution in [0, 0.1) is 11.7 Å². The van der Waals surface area contributed by atoms with Gasteiger partial charge in [-0.25, -0.2) is 4.39 Å². The van der Waals surface area contributed by atoms with E-state index in [4.69, 9.17) is 0 Å². The van der Waals surface area contributed by atoms with E-state index in [2.05, 4.69) is 25.9 Å². The van der Waals surface area contributed by atoms with E-state index in [1.807, 2.05) is 6.92 Å². The summed E-state index contributed by atoms with van der Waals surface area (Å²) in [7, 11) is 0. The molecule has 0 spiro atoms. The zero-order chi connectivity index (χ0) is 19.2. The number of H-pyrrole nitrogens is 1. The highest BCUT2D eigenvalue weighted by Gasteiger charge is 2.35. The monoisotopic (exact) mass is 374 g/mol. The summed E-state index contributed by atoms with van der Waals surface area (Å²) in [6.07, 6.45) is 2.37. The highest BCUT2D eigenvalue weighted by molar-refractivity contribution is 5.89. The van der Waals surface area contributed by atoms with Crippen LogP contribution in [0.1, 0.15) is 43.6 Å². The molecule has 2 atom stereocenters. The highest BCUT2D eigenvalue weighted by Crippen LogP contribution is 2.21. The van der Waals surface area contributed by atoms with E-state index in [1.165, 1.54) is 12.1 Å². The molecule has 1 aliphatic rings. The first kappa shape index (κ1) is 18.9. The lowest BCUT2D eigenvalue weighted by atomic mass is 10.1. The number of likely N-dealkylation sites (tertiary alicyclic amines) is 1. The minimum atomic E-state index is -0.392. The fourth-order valence-electron chi connectivity index (χ4n) is 3.24. The molecule has 0 aliphatic carbocycles. The van der Waals surface area contributed by atoms with Gasteiger partial charge in [0.1, 0.15) is 5.82 Å². The topological polar surface area (TPSA) is 104 Å². The molecule has 27 heavy (non-hydrogen) atoms. The number of amides is 2. The van der Waals surface area contributed by atoms with Gasteiger partial charge in [0, 0.05) is 19.5 Å². The van der Waals surface area contributed by atoms with Crippen molar-refractivity contribution in [3.05, 3.63) is 41.5 Å². The second-order valence-electron chi connectivity index (χ2n) is 6.74. The average Bonchev–Trinajstić information content (AvgIpc) is 3.31. The van der Waals surface area contributed by atoms with Crippen LogP contribution in [0.25, 0.3) is 0 Å². The lowest BCUT2D eigenvalue weighted by Crippen LogP contribution is -2.36. The number of benzene rings is 1. The zero-order valence-corrected chi connectivity index (χ0v) is 15.2. The van der Waals surface area contributed by atoms with Crippen molar-refractivity contribution < 1.29 is 14.0 Å². The van der Waals surface area contributed by atoms with Crippen LogP contribution in [0.3, 0.4) is 0 Å². The summed E-state index contributed by atoms with van der Waals surface area (Å²) in [6.45, 7) is 2.91. The molecule has 3 rings (SSSR count). The summed E-state index contributed by atoms with van der Waals surface area (Å²) in [6, 6.07) is 5.91. The summed E-state index contributed by atoms with van der Waals surface area (Å²) in [5, 5.41) is 16.8. The summed E-state index contributed by atoms with van der Waals surface area (Å²) >= 11 is 0. The van der Waals surface area contributed by atoms with E-state index in [9.17, 15) is 14.0 Å². The molecule has 1 fully saturated rings. The third-order valence-corrected chi connectivity index (χ3v) is 4.74. The Bertz CT molecular complexity index is 765. The molecule has 0 radical (unpaired) electrons. The highest BCUT2D eigenvalue weighted by atomic mass is 19.1. The molecule has 2 heterocycles. The third-order valence-electron chi connectivity index (χ3n) is 4.74. The second kappa shape index (κ2) is 8.70. The molecule has 2 amide bonds. The molecule has 144 valence electrons. The number of carbonyl (C=O) groups excluding carboxylic acids is 2. The van der Waals surface area contributed by atoms with E-state index in [0.29, 0.717) is 31.8 Å². The number of hydrogen-bond donors (Lipinski definition) is 2. The fraction of sp³-hybridized carbons (Fsp3) is 0.500. The number of aromatic amines is 1. The molecule has 0 bridgehead atoms. The van der Waals surface area contributed by atoms with E-state index < -0.39 is 5.92 Å². The third kappa shape index (κ3) is 4.87. The van der Waals surface area contributed by atoms with Gasteiger partial charge in [-0.3, -0.25) is 9.59 Å². The molecule has 9 heteroatoms. The predicted octanol–water partition coefficient (Wildman–Crippen LogP) is 1.39. The van der Waals surface area contributed by atoms with Crippen LogP contribution in [0.2, 0.25) is 0 Å². The van der Waals surface area contributed by atoms with Crippen molar-refractivity contribution >= 4 is 11.8 Å². The first-order chi connectivity index (χ1) is 13.1. The van der Waals surface area contributed by atoms with Crippen molar-refractivity contribution in [1.82, 2.24) is 30.8 Å². The van der Waals surface area contributed by atoms with Crippen molar-refractivity contribution in [3.63, 3.8) is 0 Å². The number of tetrazole rings is 1. The van der Waals surface area contributed by atoms with Gasteiger partial charge >= 0.3 is 0 Å². The van der Waals surface area contributed by atoms with Crippen LogP contribution in [0.5, 0.6) is 0 Å². The largest absolute Gasteiger partial charge is 0.346 e. The van der Waals surface area contributed by atoms with Crippen LogP contribution in [-0.4, -0.2) is 50.4 Å². The number of nitrogens with zero attached hydrogens (tertiary/aromatic N) is 4. The lowest BCUT2D eigenvalue weighted by molar-refractivity contribution is -0.129. The number of hydrogen-bond acceptors (Lipinski definition) is 5. The zero-order valence-electron chi connectivity index (χ0n) is 15.2. The fourth-order valence-corrected chi connectivity index (χ4v) is 3.24. The minimum absolute atomic E-state index is 0.0381. The molecular formula is C18H23FN6O2. The van der Waals surface area contributed by atoms with Gasteiger partial charge in [0.15, 0.2) is 5.82 Å². The standard InChI is InChI=1S/C18H23FN6O2/c1-2-3-15(17-21-23-24-22-17)20-18(27)13-10-16(26)25(11-13)9-8-12-4-6-14(19)7-5-12/h4-7,13,15H,2-3,8-11H2,1H3,(H,20,27)(H,21,22,23,24). The van der Waals surface area contributed by atoms with Crippen molar-refractivity contribution in [2.45, 2.75) is 38.6 Å². The van der Waals surface area contributed by atoms with Gasteiger partial charge < -0.3 is 10.2 Å². The molecule has 2 aromatic rings. The number of carbonyl (C=O) groups is 2. The summed E-state index contributed by atoms with van der Waals surface area (Å²) in [5.41, 5.74) is 0.956. The normalized spacial score (nSPS) is 17.9.